The summed E-state index contributed by atoms with van der Waals surface area (Å²) in [4.78, 5) is 0. The van der Waals surface area contributed by atoms with Gasteiger partial charge in [-0.25, -0.2) is 0 Å². The van der Waals surface area contributed by atoms with E-state index in [2.05, 4.69) is 54.0 Å². The first-order valence-electron chi connectivity index (χ1n) is 9.11. The lowest BCUT2D eigenvalue weighted by Crippen LogP contribution is -1.97. The second-order valence-electron chi connectivity index (χ2n) is 6.92. The van der Waals surface area contributed by atoms with E-state index in [0.717, 1.165) is 33.4 Å². The number of rotatable bonds is 2. The average Bonchev–Trinajstić information content (AvgIpc) is 3.05. The molecule has 0 aliphatic heterocycles. The van der Waals surface area contributed by atoms with E-state index in [0.29, 0.717) is 5.75 Å². The molecule has 27 heavy (non-hydrogen) atoms. The zero-order valence-corrected chi connectivity index (χ0v) is 15.1. The van der Waals surface area contributed by atoms with E-state index in [9.17, 15) is 5.11 Å². The number of aromatic hydroxyl groups is 1. The zero-order valence-electron chi connectivity index (χ0n) is 15.1. The summed E-state index contributed by atoms with van der Waals surface area (Å²) >= 11 is 0. The summed E-state index contributed by atoms with van der Waals surface area (Å²) in [5.41, 5.74) is 5.99. The molecule has 0 unspecified atom stereocenters. The van der Waals surface area contributed by atoms with E-state index in [1.807, 2.05) is 48.5 Å². The van der Waals surface area contributed by atoms with Crippen LogP contribution in [0.25, 0.3) is 38.6 Å². The Bertz CT molecular complexity index is 1230. The Morgan fingerprint density at radius 2 is 1.22 bits per heavy atom. The van der Waals surface area contributed by atoms with E-state index in [1.165, 1.54) is 10.8 Å². The summed E-state index contributed by atoms with van der Waals surface area (Å²) in [6.45, 7) is 2.07. The molecule has 1 N–H and O–H groups in total. The summed E-state index contributed by atoms with van der Waals surface area (Å²) in [6, 6.07) is 30.9. The van der Waals surface area contributed by atoms with Gasteiger partial charge in [0.15, 0.2) is 0 Å². The third kappa shape index (κ3) is 2.42. The molecule has 1 heterocycles. The van der Waals surface area contributed by atoms with E-state index < -0.39 is 0 Å². The predicted octanol–water partition coefficient (Wildman–Crippen LogP) is 6.46. The second kappa shape index (κ2) is 6.03. The highest BCUT2D eigenvalue weighted by Gasteiger charge is 2.17. The van der Waals surface area contributed by atoms with Crippen molar-refractivity contribution in [3.05, 3.63) is 96.6 Å². The monoisotopic (exact) mass is 349 g/mol. The minimum Gasteiger partial charge on any atom is -0.505 e. The fraction of sp³-hybridized carbons (Fsp3) is 0.0400. The van der Waals surface area contributed by atoms with Gasteiger partial charge in [0.2, 0.25) is 0 Å². The van der Waals surface area contributed by atoms with Crippen LogP contribution in [0.3, 0.4) is 0 Å². The molecule has 2 nitrogen and oxygen atoms in total. The number of fused-ring (bicyclic) bond motifs is 3. The lowest BCUT2D eigenvalue weighted by molar-refractivity contribution is 0.475. The topological polar surface area (TPSA) is 25.2 Å². The van der Waals surface area contributed by atoms with Crippen LogP contribution in [0, 0.1) is 6.92 Å². The molecule has 5 rings (SSSR count). The van der Waals surface area contributed by atoms with Gasteiger partial charge >= 0.3 is 0 Å². The van der Waals surface area contributed by atoms with Crippen molar-refractivity contribution in [3.8, 4) is 22.6 Å². The van der Waals surface area contributed by atoms with Crippen molar-refractivity contribution >= 4 is 21.8 Å². The summed E-state index contributed by atoms with van der Waals surface area (Å²) in [5, 5.41) is 13.6. The number of hydrogen-bond acceptors (Lipinski definition) is 1. The van der Waals surface area contributed by atoms with Crippen LogP contribution in [-0.4, -0.2) is 9.67 Å². The molecule has 0 aliphatic rings. The van der Waals surface area contributed by atoms with Gasteiger partial charge in [0, 0.05) is 16.3 Å². The maximum atomic E-state index is 11.2. The standard InChI is InChI=1S/C25H19NO/c1-17-15-21(18-9-3-2-4-10-18)25(27)24(16-17)26-22-13-7-5-11-19(22)20-12-6-8-14-23(20)26/h2-16,27H,1H3. The van der Waals surface area contributed by atoms with Crippen LogP contribution in [0.15, 0.2) is 91.0 Å². The van der Waals surface area contributed by atoms with Crippen LogP contribution < -0.4 is 0 Å². The second-order valence-corrected chi connectivity index (χ2v) is 6.92. The summed E-state index contributed by atoms with van der Waals surface area (Å²) < 4.78 is 2.17. The summed E-state index contributed by atoms with van der Waals surface area (Å²) in [5.74, 6) is 0.304. The van der Waals surface area contributed by atoms with Gasteiger partial charge in [-0.3, -0.25) is 0 Å². The number of phenols is 1. The lowest BCUT2D eigenvalue weighted by Gasteiger charge is -2.15. The van der Waals surface area contributed by atoms with Crippen molar-refractivity contribution in [1.82, 2.24) is 4.57 Å². The van der Waals surface area contributed by atoms with Crippen molar-refractivity contribution in [3.63, 3.8) is 0 Å². The molecule has 0 spiro atoms. The van der Waals surface area contributed by atoms with Crippen LogP contribution in [0.4, 0.5) is 0 Å². The van der Waals surface area contributed by atoms with Crippen LogP contribution in [0.5, 0.6) is 5.75 Å². The molecule has 2 heteroatoms. The van der Waals surface area contributed by atoms with Crippen molar-refractivity contribution in [2.45, 2.75) is 6.92 Å². The van der Waals surface area contributed by atoms with E-state index >= 15 is 0 Å². The summed E-state index contributed by atoms with van der Waals surface area (Å²) in [6.07, 6.45) is 0. The van der Waals surface area contributed by atoms with E-state index in [1.54, 1.807) is 0 Å². The largest absolute Gasteiger partial charge is 0.505 e. The molecular weight excluding hydrogens is 330 g/mol. The molecule has 1 aromatic heterocycles. The van der Waals surface area contributed by atoms with Gasteiger partial charge in [0.1, 0.15) is 5.75 Å². The molecule has 0 atom stereocenters. The number of aryl methyl sites for hydroxylation is 1. The SMILES string of the molecule is Cc1cc(-c2ccccc2)c(O)c(-n2c3ccccc3c3ccccc32)c1. The fourth-order valence-electron chi connectivity index (χ4n) is 3.95. The Balaban J connectivity index is 1.90. The van der Waals surface area contributed by atoms with Crippen molar-refractivity contribution in [2.24, 2.45) is 0 Å². The Morgan fingerprint density at radius 1 is 0.667 bits per heavy atom. The number of benzene rings is 4. The van der Waals surface area contributed by atoms with E-state index in [4.69, 9.17) is 0 Å². The first-order valence-corrected chi connectivity index (χ1v) is 9.11. The van der Waals surface area contributed by atoms with Crippen molar-refractivity contribution < 1.29 is 5.11 Å². The highest BCUT2D eigenvalue weighted by molar-refractivity contribution is 6.09. The first kappa shape index (κ1) is 15.7. The van der Waals surface area contributed by atoms with Crippen LogP contribution >= 0.6 is 0 Å². The van der Waals surface area contributed by atoms with Crippen LogP contribution in [0.1, 0.15) is 5.56 Å². The summed E-state index contributed by atoms with van der Waals surface area (Å²) in [7, 11) is 0. The van der Waals surface area contributed by atoms with Crippen molar-refractivity contribution in [1.29, 1.82) is 0 Å². The highest BCUT2D eigenvalue weighted by Crippen LogP contribution is 2.40. The molecule has 0 saturated carbocycles. The lowest BCUT2D eigenvalue weighted by atomic mass is 10.0. The number of para-hydroxylation sites is 2. The fourth-order valence-corrected chi connectivity index (χ4v) is 3.95. The van der Waals surface area contributed by atoms with Gasteiger partial charge in [-0.15, -0.1) is 0 Å². The van der Waals surface area contributed by atoms with Crippen molar-refractivity contribution in [2.75, 3.05) is 0 Å². The Labute approximate surface area is 157 Å². The minimum atomic E-state index is 0.304. The Morgan fingerprint density at radius 3 is 1.85 bits per heavy atom. The smallest absolute Gasteiger partial charge is 0.147 e. The molecule has 130 valence electrons. The van der Waals surface area contributed by atoms with Gasteiger partial charge in [-0.1, -0.05) is 66.7 Å². The maximum absolute atomic E-state index is 11.2. The maximum Gasteiger partial charge on any atom is 0.147 e. The number of hydrogen-bond donors (Lipinski definition) is 1. The Kier molecular flexibility index (Phi) is 3.51. The van der Waals surface area contributed by atoms with Gasteiger partial charge in [-0.2, -0.15) is 0 Å². The molecule has 0 saturated heterocycles. The third-order valence-corrected chi connectivity index (χ3v) is 5.14. The van der Waals surface area contributed by atoms with Crippen LogP contribution in [0.2, 0.25) is 0 Å². The predicted molar refractivity (Wildman–Crippen MR) is 113 cm³/mol. The Hall–Kier alpha value is -3.52. The van der Waals surface area contributed by atoms with Gasteiger partial charge in [-0.05, 0) is 42.3 Å². The van der Waals surface area contributed by atoms with Gasteiger partial charge in [0.05, 0.1) is 16.7 Å². The molecule has 0 bridgehead atoms. The van der Waals surface area contributed by atoms with Gasteiger partial charge in [0.25, 0.3) is 0 Å². The normalized spacial score (nSPS) is 11.3. The number of nitrogens with zero attached hydrogens (tertiary/aromatic N) is 1. The molecule has 0 aliphatic carbocycles. The zero-order chi connectivity index (χ0) is 18.4. The van der Waals surface area contributed by atoms with Crippen LogP contribution in [-0.2, 0) is 0 Å². The van der Waals surface area contributed by atoms with Gasteiger partial charge < -0.3 is 9.67 Å². The van der Waals surface area contributed by atoms with E-state index in [-0.39, 0.29) is 0 Å². The first-order chi connectivity index (χ1) is 13.2. The molecule has 4 aromatic carbocycles. The molecule has 0 radical (unpaired) electrons. The number of aromatic nitrogens is 1. The molecule has 5 aromatic rings. The third-order valence-electron chi connectivity index (χ3n) is 5.14. The highest BCUT2D eigenvalue weighted by atomic mass is 16.3. The molecular formula is C25H19NO. The minimum absolute atomic E-state index is 0.304. The molecule has 0 fully saturated rings. The average molecular weight is 349 g/mol. The molecule has 0 amide bonds. The number of phenolic OH excluding ortho intramolecular Hbond substituents is 1. The quantitative estimate of drug-likeness (QED) is 0.388.